The first kappa shape index (κ1) is 14.6. The quantitative estimate of drug-likeness (QED) is 0.608. The van der Waals surface area contributed by atoms with Crippen LogP contribution in [0.5, 0.6) is 0 Å². The van der Waals surface area contributed by atoms with Crippen LogP contribution in [0.15, 0.2) is 29.8 Å². The van der Waals surface area contributed by atoms with Gasteiger partial charge in [0.25, 0.3) is 0 Å². The van der Waals surface area contributed by atoms with Crippen molar-refractivity contribution in [2.75, 3.05) is 25.0 Å². The highest BCUT2D eigenvalue weighted by molar-refractivity contribution is 5.54. The standard InChI is InChI=1S/C19H28N2/c1-2-5-16(6-3-1)10-13-20-14-11-17-8-9-19-18(15-17)7-4-12-21-19/h5,8-9,15,20-21H,1-4,6-7,10-14H2. The molecule has 0 saturated carbocycles. The van der Waals surface area contributed by atoms with Gasteiger partial charge in [-0.1, -0.05) is 23.8 Å². The van der Waals surface area contributed by atoms with Crippen LogP contribution in [0.3, 0.4) is 0 Å². The van der Waals surface area contributed by atoms with E-state index in [0.717, 1.165) is 26.1 Å². The lowest BCUT2D eigenvalue weighted by Gasteiger charge is -2.18. The van der Waals surface area contributed by atoms with E-state index in [2.05, 4.69) is 34.9 Å². The molecule has 1 aliphatic heterocycles. The molecular weight excluding hydrogens is 256 g/mol. The first-order chi connectivity index (χ1) is 10.4. The zero-order valence-electron chi connectivity index (χ0n) is 13.1. The smallest absolute Gasteiger partial charge is 0.0372 e. The highest BCUT2D eigenvalue weighted by Crippen LogP contribution is 2.23. The summed E-state index contributed by atoms with van der Waals surface area (Å²) in [5, 5.41) is 7.09. The Morgan fingerprint density at radius 1 is 1.00 bits per heavy atom. The van der Waals surface area contributed by atoms with E-state index in [9.17, 15) is 0 Å². The Kier molecular flexibility index (Phi) is 5.34. The van der Waals surface area contributed by atoms with E-state index in [4.69, 9.17) is 0 Å². The fourth-order valence-corrected chi connectivity index (χ4v) is 3.42. The van der Waals surface area contributed by atoms with Gasteiger partial charge in [0, 0.05) is 12.2 Å². The number of aryl methyl sites for hydroxylation is 1. The summed E-state index contributed by atoms with van der Waals surface area (Å²) in [6, 6.07) is 6.94. The largest absolute Gasteiger partial charge is 0.385 e. The van der Waals surface area contributed by atoms with Crippen LogP contribution in [-0.4, -0.2) is 19.6 Å². The maximum atomic E-state index is 3.60. The molecule has 1 aromatic rings. The summed E-state index contributed by atoms with van der Waals surface area (Å²) in [6.45, 7) is 3.36. The fraction of sp³-hybridized carbons (Fsp3) is 0.579. The lowest BCUT2D eigenvalue weighted by Crippen LogP contribution is -2.19. The summed E-state index contributed by atoms with van der Waals surface area (Å²) in [5.41, 5.74) is 6.00. The molecule has 2 N–H and O–H groups in total. The van der Waals surface area contributed by atoms with Gasteiger partial charge in [0.2, 0.25) is 0 Å². The number of nitrogens with one attached hydrogen (secondary N) is 2. The van der Waals surface area contributed by atoms with E-state index in [0.29, 0.717) is 0 Å². The van der Waals surface area contributed by atoms with Gasteiger partial charge >= 0.3 is 0 Å². The number of anilines is 1. The Morgan fingerprint density at radius 2 is 1.95 bits per heavy atom. The van der Waals surface area contributed by atoms with E-state index < -0.39 is 0 Å². The average Bonchev–Trinajstić information content (AvgIpc) is 2.55. The van der Waals surface area contributed by atoms with Crippen LogP contribution in [0.2, 0.25) is 0 Å². The summed E-state index contributed by atoms with van der Waals surface area (Å²) in [7, 11) is 0. The molecule has 0 amide bonds. The van der Waals surface area contributed by atoms with E-state index in [1.165, 1.54) is 61.8 Å². The molecule has 0 saturated heterocycles. The molecule has 0 aromatic heterocycles. The van der Waals surface area contributed by atoms with E-state index in [1.54, 1.807) is 5.57 Å². The molecule has 0 spiro atoms. The first-order valence-corrected chi connectivity index (χ1v) is 8.66. The topological polar surface area (TPSA) is 24.1 Å². The van der Waals surface area contributed by atoms with Crippen LogP contribution in [0.25, 0.3) is 0 Å². The van der Waals surface area contributed by atoms with E-state index >= 15 is 0 Å². The van der Waals surface area contributed by atoms with Crippen molar-refractivity contribution in [3.05, 3.63) is 41.0 Å². The van der Waals surface area contributed by atoms with Crippen molar-refractivity contribution in [3.8, 4) is 0 Å². The fourth-order valence-electron chi connectivity index (χ4n) is 3.42. The molecule has 2 heteroatoms. The predicted molar refractivity (Wildman–Crippen MR) is 91.0 cm³/mol. The molecule has 0 unspecified atom stereocenters. The molecule has 0 bridgehead atoms. The van der Waals surface area contributed by atoms with Gasteiger partial charge in [-0.3, -0.25) is 0 Å². The number of benzene rings is 1. The number of allylic oxidation sites excluding steroid dienone is 1. The van der Waals surface area contributed by atoms with Crippen LogP contribution in [-0.2, 0) is 12.8 Å². The molecule has 0 radical (unpaired) electrons. The van der Waals surface area contributed by atoms with Crippen molar-refractivity contribution in [1.82, 2.24) is 5.32 Å². The van der Waals surface area contributed by atoms with Crippen molar-refractivity contribution in [2.24, 2.45) is 0 Å². The normalized spacial score (nSPS) is 17.8. The van der Waals surface area contributed by atoms with Crippen molar-refractivity contribution in [3.63, 3.8) is 0 Å². The minimum absolute atomic E-state index is 1.10. The molecule has 1 heterocycles. The molecule has 1 aromatic carbocycles. The van der Waals surface area contributed by atoms with Gasteiger partial charge in [0.15, 0.2) is 0 Å². The van der Waals surface area contributed by atoms with Crippen LogP contribution in [0.1, 0.15) is 49.7 Å². The number of hydrogen-bond donors (Lipinski definition) is 2. The molecule has 2 aliphatic rings. The molecule has 0 atom stereocenters. The van der Waals surface area contributed by atoms with Crippen LogP contribution in [0, 0.1) is 0 Å². The van der Waals surface area contributed by atoms with E-state index in [1.807, 2.05) is 0 Å². The van der Waals surface area contributed by atoms with Gasteiger partial charge in [0.1, 0.15) is 0 Å². The summed E-state index contributed by atoms with van der Waals surface area (Å²) < 4.78 is 0. The van der Waals surface area contributed by atoms with Gasteiger partial charge in [-0.15, -0.1) is 0 Å². The Labute approximate surface area is 129 Å². The molecule has 114 valence electrons. The molecule has 3 rings (SSSR count). The lowest BCUT2D eigenvalue weighted by molar-refractivity contribution is 0.632. The number of rotatable bonds is 6. The van der Waals surface area contributed by atoms with Crippen molar-refractivity contribution in [2.45, 2.75) is 51.4 Å². The summed E-state index contributed by atoms with van der Waals surface area (Å²) in [4.78, 5) is 0. The predicted octanol–water partition coefficient (Wildman–Crippen LogP) is 4.07. The van der Waals surface area contributed by atoms with Crippen LogP contribution in [0.4, 0.5) is 5.69 Å². The van der Waals surface area contributed by atoms with Gasteiger partial charge in [-0.2, -0.15) is 0 Å². The maximum Gasteiger partial charge on any atom is 0.0372 e. The minimum Gasteiger partial charge on any atom is -0.385 e. The maximum absolute atomic E-state index is 3.60. The second-order valence-electron chi connectivity index (χ2n) is 6.38. The minimum atomic E-state index is 1.10. The third kappa shape index (κ3) is 4.34. The van der Waals surface area contributed by atoms with Crippen molar-refractivity contribution in [1.29, 1.82) is 0 Å². The Hall–Kier alpha value is -1.28. The number of fused-ring (bicyclic) bond motifs is 1. The highest BCUT2D eigenvalue weighted by atomic mass is 14.9. The highest BCUT2D eigenvalue weighted by Gasteiger charge is 2.08. The first-order valence-electron chi connectivity index (χ1n) is 8.66. The van der Waals surface area contributed by atoms with Crippen molar-refractivity contribution >= 4 is 5.69 Å². The van der Waals surface area contributed by atoms with Gasteiger partial charge in [0.05, 0.1) is 0 Å². The monoisotopic (exact) mass is 284 g/mol. The summed E-state index contributed by atoms with van der Waals surface area (Å²) in [5.74, 6) is 0. The average molecular weight is 284 g/mol. The Bertz CT molecular complexity index is 490. The third-order valence-electron chi connectivity index (χ3n) is 4.71. The zero-order chi connectivity index (χ0) is 14.3. The second kappa shape index (κ2) is 7.65. The van der Waals surface area contributed by atoms with E-state index in [-0.39, 0.29) is 0 Å². The van der Waals surface area contributed by atoms with Gasteiger partial charge in [-0.25, -0.2) is 0 Å². The Balaban J connectivity index is 1.38. The molecule has 21 heavy (non-hydrogen) atoms. The summed E-state index contributed by atoms with van der Waals surface area (Å²) >= 11 is 0. The lowest BCUT2D eigenvalue weighted by atomic mass is 9.97. The number of hydrogen-bond acceptors (Lipinski definition) is 2. The molecule has 1 aliphatic carbocycles. The Morgan fingerprint density at radius 3 is 2.86 bits per heavy atom. The molecule has 0 fully saturated rings. The molecular formula is C19H28N2. The second-order valence-corrected chi connectivity index (χ2v) is 6.38. The SMILES string of the molecule is C1=C(CCNCCc2ccc3c(c2)CCCN3)CCCC1. The van der Waals surface area contributed by atoms with Crippen LogP contribution < -0.4 is 10.6 Å². The van der Waals surface area contributed by atoms with Crippen LogP contribution >= 0.6 is 0 Å². The molecule has 2 nitrogen and oxygen atoms in total. The van der Waals surface area contributed by atoms with Crippen molar-refractivity contribution < 1.29 is 0 Å². The van der Waals surface area contributed by atoms with Gasteiger partial charge < -0.3 is 10.6 Å². The zero-order valence-corrected chi connectivity index (χ0v) is 13.1. The van der Waals surface area contributed by atoms with Gasteiger partial charge in [-0.05, 0) is 81.6 Å². The summed E-state index contributed by atoms with van der Waals surface area (Å²) in [6.07, 6.45) is 12.8. The third-order valence-corrected chi connectivity index (χ3v) is 4.71.